The number of unbranched alkanes of at least 4 members (excludes halogenated alkanes) is 3. The van der Waals surface area contributed by atoms with Gasteiger partial charge < -0.3 is 17.9 Å². The van der Waals surface area contributed by atoms with Gasteiger partial charge in [-0.05, 0) is 57.6 Å². The monoisotopic (exact) mass is 507 g/mol. The molecule has 0 bridgehead atoms. The van der Waals surface area contributed by atoms with E-state index in [0.717, 1.165) is 18.4 Å². The van der Waals surface area contributed by atoms with E-state index in [1.165, 1.54) is 69.9 Å². The minimum absolute atomic E-state index is 0. The molecular formula is C25H47ClNO3PS. The number of rotatable bonds is 13. The van der Waals surface area contributed by atoms with E-state index in [-0.39, 0.29) is 23.9 Å². The number of aryl methyl sites for hydroxylation is 1. The Morgan fingerprint density at radius 3 is 1.81 bits per heavy atom. The molecule has 1 saturated carbocycles. The number of hydrogen-bond donors (Lipinski definition) is 1. The number of halogens is 1. The Balaban J connectivity index is 0.00000480. The van der Waals surface area contributed by atoms with Gasteiger partial charge in [-0.15, -0.1) is 0 Å². The lowest BCUT2D eigenvalue weighted by molar-refractivity contribution is -0.0000105. The summed E-state index contributed by atoms with van der Waals surface area (Å²) in [5, 5.41) is 0. The zero-order chi connectivity index (χ0) is 22.0. The molecule has 0 amide bonds. The molecule has 188 valence electrons. The Hall–Kier alpha value is -0.190. The molecule has 0 aromatic heterocycles. The molecule has 4 nitrogen and oxygen atoms in total. The van der Waals surface area contributed by atoms with Crippen LogP contribution in [0.25, 0.3) is 0 Å². The summed E-state index contributed by atoms with van der Waals surface area (Å²) in [6.07, 6.45) is 16.3. The molecule has 1 aliphatic carbocycles. The largest absolute Gasteiger partial charge is 1.00 e. The van der Waals surface area contributed by atoms with Crippen LogP contribution in [0.5, 0.6) is 0 Å². The first kappa shape index (κ1) is 31.8. The fourth-order valence-electron chi connectivity index (χ4n) is 5.14. The minimum Gasteiger partial charge on any atom is -1.00 e. The van der Waals surface area contributed by atoms with Gasteiger partial charge in [0.25, 0.3) is 0 Å². The molecule has 32 heavy (non-hydrogen) atoms. The van der Waals surface area contributed by atoms with Gasteiger partial charge in [-0.25, -0.2) is 13.1 Å². The van der Waals surface area contributed by atoms with Crippen LogP contribution in [0.4, 0.5) is 0 Å². The van der Waals surface area contributed by atoms with Crippen LogP contribution in [0.3, 0.4) is 0 Å². The van der Waals surface area contributed by atoms with Crippen molar-refractivity contribution < 1.29 is 26.3 Å². The smallest absolute Gasteiger partial charge is 0.240 e. The molecule has 1 aromatic rings. The van der Waals surface area contributed by atoms with Crippen LogP contribution in [-0.2, 0) is 10.0 Å². The van der Waals surface area contributed by atoms with E-state index >= 15 is 0 Å². The molecule has 1 aliphatic rings. The molecule has 0 unspecified atom stereocenters. The molecule has 0 heterocycles. The van der Waals surface area contributed by atoms with Crippen LogP contribution in [-0.4, -0.2) is 44.1 Å². The van der Waals surface area contributed by atoms with Crippen molar-refractivity contribution >= 4 is 17.3 Å². The summed E-state index contributed by atoms with van der Waals surface area (Å²) in [7, 11) is -4.65. The van der Waals surface area contributed by atoms with E-state index in [4.69, 9.17) is 0 Å². The summed E-state index contributed by atoms with van der Waals surface area (Å²) in [4.78, 5) is 0.414. The van der Waals surface area contributed by atoms with Crippen LogP contribution < -0.4 is 17.1 Å². The number of nitrogens with one attached hydrogen (secondary N) is 1. The summed E-state index contributed by atoms with van der Waals surface area (Å²) < 4.78 is 29.7. The second-order valence-electron chi connectivity index (χ2n) is 9.34. The van der Waals surface area contributed by atoms with Gasteiger partial charge in [-0.1, -0.05) is 64.2 Å². The van der Waals surface area contributed by atoms with Crippen LogP contribution in [0.1, 0.15) is 90.5 Å². The van der Waals surface area contributed by atoms with Crippen molar-refractivity contribution in [1.29, 1.82) is 0 Å². The lowest BCUT2D eigenvalue weighted by atomic mass is 9.96. The first-order valence-corrected chi connectivity index (χ1v) is 16.2. The fourth-order valence-corrected chi connectivity index (χ4v) is 12.8. The van der Waals surface area contributed by atoms with E-state index in [1.54, 1.807) is 12.1 Å². The van der Waals surface area contributed by atoms with Gasteiger partial charge in [0.15, 0.2) is 0 Å². The van der Waals surface area contributed by atoms with Gasteiger partial charge >= 0.3 is 0 Å². The highest BCUT2D eigenvalue weighted by atomic mass is 35.5. The van der Waals surface area contributed by atoms with Crippen LogP contribution in [0.2, 0.25) is 0 Å². The normalized spacial score (nSPS) is 19.1. The van der Waals surface area contributed by atoms with Gasteiger partial charge in [-0.3, -0.25) is 0 Å². The maximum absolute atomic E-state index is 13.2. The van der Waals surface area contributed by atoms with E-state index in [0.29, 0.717) is 10.6 Å². The number of benzene rings is 1. The SMILES string of the molecule is CCCC[P+](CCCC)(CCCC)[C@@H]1CCCC[C@H]1NS(=O)(=O)c1ccc(C)cc1.O.[Cl-]. The second kappa shape index (κ2) is 15.7. The lowest BCUT2D eigenvalue weighted by Crippen LogP contribution is -3.00. The average Bonchev–Trinajstić information content (AvgIpc) is 2.74. The van der Waals surface area contributed by atoms with Crippen molar-refractivity contribution in [3.05, 3.63) is 29.8 Å². The molecule has 0 saturated heterocycles. The molecule has 1 aromatic carbocycles. The average molecular weight is 508 g/mol. The van der Waals surface area contributed by atoms with Gasteiger partial charge in [-0.2, -0.15) is 0 Å². The Bertz CT molecular complexity index is 705. The van der Waals surface area contributed by atoms with Crippen molar-refractivity contribution in [1.82, 2.24) is 4.72 Å². The lowest BCUT2D eigenvalue weighted by Gasteiger charge is -2.42. The Labute approximate surface area is 204 Å². The highest BCUT2D eigenvalue weighted by Crippen LogP contribution is 2.67. The molecule has 7 heteroatoms. The molecule has 2 rings (SSSR count). The van der Waals surface area contributed by atoms with Crippen molar-refractivity contribution in [3.63, 3.8) is 0 Å². The maximum atomic E-state index is 13.2. The van der Waals surface area contributed by atoms with Crippen molar-refractivity contribution in [2.45, 2.75) is 108 Å². The predicted molar refractivity (Wildman–Crippen MR) is 137 cm³/mol. The van der Waals surface area contributed by atoms with Crippen molar-refractivity contribution in [2.75, 3.05) is 18.5 Å². The molecule has 1 fully saturated rings. The maximum Gasteiger partial charge on any atom is 0.240 e. The fraction of sp³-hybridized carbons (Fsp3) is 0.760. The van der Waals surface area contributed by atoms with Gasteiger partial charge in [0, 0.05) is 7.26 Å². The quantitative estimate of drug-likeness (QED) is 0.416. The van der Waals surface area contributed by atoms with Crippen molar-refractivity contribution in [2.24, 2.45) is 0 Å². The summed E-state index contributed by atoms with van der Waals surface area (Å²) in [6.45, 7) is 8.89. The van der Waals surface area contributed by atoms with Crippen LogP contribution >= 0.6 is 7.26 Å². The summed E-state index contributed by atoms with van der Waals surface area (Å²) in [5.74, 6) is 0. The first-order valence-electron chi connectivity index (χ1n) is 12.3. The second-order valence-corrected chi connectivity index (χ2v) is 15.5. The minimum atomic E-state index is -3.46. The summed E-state index contributed by atoms with van der Waals surface area (Å²) >= 11 is 0. The standard InChI is InChI=1S/C25H45NO2PS.ClH.H2O/c1-5-8-19-29(20-9-6-2,21-10-7-3)25-14-12-11-13-24(25)26-30(27,28)23-17-15-22(4)16-18-23;;/h15-18,24-26H,5-14,19-21H2,1-4H3;1H;1H2/q+1;;/p-1/t24-,25-;;/m1../s1. The van der Waals surface area contributed by atoms with Gasteiger partial charge in [0.05, 0.1) is 35.1 Å². The zero-order valence-electron chi connectivity index (χ0n) is 20.7. The molecular weight excluding hydrogens is 461 g/mol. The molecule has 3 N–H and O–H groups in total. The third-order valence-electron chi connectivity index (χ3n) is 6.94. The third-order valence-corrected chi connectivity index (χ3v) is 14.1. The van der Waals surface area contributed by atoms with E-state index in [1.807, 2.05) is 19.1 Å². The summed E-state index contributed by atoms with van der Waals surface area (Å²) in [6, 6.07) is 7.41. The van der Waals surface area contributed by atoms with Gasteiger partial charge in [0.1, 0.15) is 0 Å². The highest BCUT2D eigenvalue weighted by Gasteiger charge is 2.49. The van der Waals surface area contributed by atoms with Crippen LogP contribution in [0, 0.1) is 6.92 Å². The Morgan fingerprint density at radius 1 is 0.875 bits per heavy atom. The molecule has 2 atom stereocenters. The summed E-state index contributed by atoms with van der Waals surface area (Å²) in [5.41, 5.74) is 1.66. The molecule has 0 spiro atoms. The van der Waals surface area contributed by atoms with Gasteiger partial charge in [0.2, 0.25) is 10.0 Å². The number of hydrogen-bond acceptors (Lipinski definition) is 2. The third kappa shape index (κ3) is 8.87. The first-order chi connectivity index (χ1) is 14.4. The zero-order valence-corrected chi connectivity index (χ0v) is 23.2. The van der Waals surface area contributed by atoms with E-state index in [2.05, 4.69) is 25.5 Å². The van der Waals surface area contributed by atoms with E-state index < -0.39 is 17.3 Å². The van der Waals surface area contributed by atoms with Crippen LogP contribution in [0.15, 0.2) is 29.2 Å². The predicted octanol–water partition coefficient (Wildman–Crippen LogP) is 3.18. The molecule has 0 radical (unpaired) electrons. The Morgan fingerprint density at radius 2 is 1.34 bits per heavy atom. The van der Waals surface area contributed by atoms with E-state index in [9.17, 15) is 8.42 Å². The Kier molecular flexibility index (Phi) is 15.6. The highest BCUT2D eigenvalue weighted by molar-refractivity contribution is 7.89. The topological polar surface area (TPSA) is 77.7 Å². The number of sulfonamides is 1. The molecule has 0 aliphatic heterocycles. The van der Waals surface area contributed by atoms with Crippen molar-refractivity contribution in [3.8, 4) is 0 Å².